The van der Waals surface area contributed by atoms with Gasteiger partial charge in [0.25, 0.3) is 9.05 Å². The lowest BCUT2D eigenvalue weighted by Crippen LogP contribution is -2.20. The smallest absolute Gasteiger partial charge is 0.315 e. The summed E-state index contributed by atoms with van der Waals surface area (Å²) in [5, 5.41) is 3.35. The van der Waals surface area contributed by atoms with Crippen molar-refractivity contribution in [1.29, 1.82) is 0 Å². The van der Waals surface area contributed by atoms with Gasteiger partial charge in [-0.1, -0.05) is 6.92 Å². The third-order valence-corrected chi connectivity index (χ3v) is 4.14. The van der Waals surface area contributed by atoms with Crippen molar-refractivity contribution >= 4 is 25.7 Å². The van der Waals surface area contributed by atoms with Crippen LogP contribution in [0.3, 0.4) is 0 Å². The van der Waals surface area contributed by atoms with Crippen LogP contribution in [0.2, 0.25) is 0 Å². The van der Waals surface area contributed by atoms with Crippen molar-refractivity contribution in [1.82, 2.24) is 9.78 Å². The summed E-state index contributed by atoms with van der Waals surface area (Å²) < 4.78 is 28.5. The number of carbonyl (C=O) groups excluding carboxylic acids is 1. The molecule has 1 fully saturated rings. The number of carbonyl (C=O) groups is 1. The molecule has 0 amide bonds. The first-order valence-electron chi connectivity index (χ1n) is 5.49. The van der Waals surface area contributed by atoms with Gasteiger partial charge < -0.3 is 4.74 Å². The van der Waals surface area contributed by atoms with Crippen molar-refractivity contribution < 1.29 is 17.9 Å². The zero-order chi connectivity index (χ0) is 13.5. The predicted molar refractivity (Wildman–Crippen MR) is 63.8 cm³/mol. The highest BCUT2D eigenvalue weighted by molar-refractivity contribution is 8.13. The summed E-state index contributed by atoms with van der Waals surface area (Å²) in [6, 6.07) is 1.14. The number of aryl methyl sites for hydroxylation is 1. The Bertz CT molecular complexity index is 577. The molecule has 1 atom stereocenters. The molecule has 1 aliphatic carbocycles. The molecule has 1 aliphatic rings. The van der Waals surface area contributed by atoms with Crippen molar-refractivity contribution in [3.8, 4) is 5.88 Å². The molecule has 0 N–H and O–H groups in total. The second-order valence-electron chi connectivity index (χ2n) is 4.43. The van der Waals surface area contributed by atoms with Gasteiger partial charge in [-0.25, -0.2) is 13.1 Å². The second-order valence-corrected chi connectivity index (χ2v) is 6.94. The molecule has 0 aliphatic heterocycles. The van der Waals surface area contributed by atoms with Gasteiger partial charge in [0.05, 0.1) is 5.92 Å². The molecule has 1 aromatic heterocycles. The van der Waals surface area contributed by atoms with Crippen LogP contribution in [0.25, 0.3) is 0 Å². The van der Waals surface area contributed by atoms with Crippen molar-refractivity contribution in [2.75, 3.05) is 0 Å². The first-order chi connectivity index (χ1) is 8.29. The van der Waals surface area contributed by atoms with Crippen molar-refractivity contribution in [3.63, 3.8) is 0 Å². The monoisotopic (exact) mass is 292 g/mol. The Morgan fingerprint density at radius 2 is 2.22 bits per heavy atom. The fraction of sp³-hybridized carbons (Fsp3) is 0.600. The minimum Gasteiger partial charge on any atom is -0.407 e. The van der Waals surface area contributed by atoms with Gasteiger partial charge in [0, 0.05) is 23.8 Å². The second kappa shape index (κ2) is 4.55. The summed E-state index contributed by atoms with van der Waals surface area (Å²) in [6.07, 6.45) is 2.06. The molecule has 1 aromatic rings. The summed E-state index contributed by atoms with van der Waals surface area (Å²) in [4.78, 5) is 11.8. The van der Waals surface area contributed by atoms with Crippen molar-refractivity contribution in [2.24, 2.45) is 18.9 Å². The van der Waals surface area contributed by atoms with Crippen LogP contribution >= 0.6 is 10.7 Å². The van der Waals surface area contributed by atoms with Crippen LogP contribution < -0.4 is 4.74 Å². The van der Waals surface area contributed by atoms with E-state index in [-0.39, 0.29) is 22.8 Å². The summed E-state index contributed by atoms with van der Waals surface area (Å²) in [5.74, 6) is -0.108. The van der Waals surface area contributed by atoms with Crippen LogP contribution in [0.15, 0.2) is 11.1 Å². The Morgan fingerprint density at radius 1 is 1.61 bits per heavy atom. The highest BCUT2D eigenvalue weighted by Gasteiger charge is 2.34. The zero-order valence-electron chi connectivity index (χ0n) is 9.96. The number of nitrogens with zero attached hydrogens (tertiary/aromatic N) is 2. The highest BCUT2D eigenvalue weighted by atomic mass is 35.7. The summed E-state index contributed by atoms with van der Waals surface area (Å²) in [6.45, 7) is 1.80. The quantitative estimate of drug-likeness (QED) is 0.617. The predicted octanol–water partition coefficient (Wildman–Crippen LogP) is 1.30. The fourth-order valence-corrected chi connectivity index (χ4v) is 2.31. The molecule has 0 bridgehead atoms. The molecule has 1 unspecified atom stereocenters. The van der Waals surface area contributed by atoms with Crippen LogP contribution in [0.4, 0.5) is 0 Å². The van der Waals surface area contributed by atoms with Gasteiger partial charge in [-0.3, -0.25) is 4.79 Å². The molecular formula is C10H13ClN2O4S. The van der Waals surface area contributed by atoms with Crippen molar-refractivity contribution in [3.05, 3.63) is 6.07 Å². The average molecular weight is 293 g/mol. The molecule has 0 saturated heterocycles. The van der Waals surface area contributed by atoms with Gasteiger partial charge in [-0.2, -0.15) is 5.10 Å². The summed E-state index contributed by atoms with van der Waals surface area (Å²) in [5.41, 5.74) is 0. The van der Waals surface area contributed by atoms with Gasteiger partial charge in [0.1, 0.15) is 0 Å². The zero-order valence-corrected chi connectivity index (χ0v) is 11.5. The van der Waals surface area contributed by atoms with Gasteiger partial charge in [0.2, 0.25) is 5.88 Å². The van der Waals surface area contributed by atoms with E-state index in [2.05, 4.69) is 5.10 Å². The average Bonchev–Trinajstić information content (AvgIpc) is 3.02. The van der Waals surface area contributed by atoms with E-state index in [0.717, 1.165) is 18.9 Å². The number of hydrogen-bond acceptors (Lipinski definition) is 5. The van der Waals surface area contributed by atoms with Crippen LogP contribution in [-0.4, -0.2) is 24.2 Å². The Labute approximate surface area is 109 Å². The molecule has 6 nitrogen and oxygen atoms in total. The lowest BCUT2D eigenvalue weighted by atomic mass is 10.1. The number of esters is 1. The molecular weight excluding hydrogens is 280 g/mol. The van der Waals surface area contributed by atoms with Gasteiger partial charge in [-0.05, 0) is 18.8 Å². The standard InChI is InChI=1S/C10H13ClN2O4S/c1-6(7-3-4-7)10(14)17-9-5-8(12-13(9)2)18(11,15)16/h5-7H,3-4H2,1-2H3. The Hall–Kier alpha value is -1.08. The maximum Gasteiger partial charge on any atom is 0.315 e. The van der Waals surface area contributed by atoms with Gasteiger partial charge in [0.15, 0.2) is 5.03 Å². The highest BCUT2D eigenvalue weighted by Crippen LogP contribution is 2.37. The van der Waals surface area contributed by atoms with Crippen LogP contribution in [0, 0.1) is 11.8 Å². The molecule has 8 heteroatoms. The van der Waals surface area contributed by atoms with E-state index < -0.39 is 9.05 Å². The van der Waals surface area contributed by atoms with E-state index in [1.165, 1.54) is 11.7 Å². The third-order valence-electron chi connectivity index (χ3n) is 2.97. The summed E-state index contributed by atoms with van der Waals surface area (Å²) in [7, 11) is 2.73. The topological polar surface area (TPSA) is 78.3 Å². The Balaban J connectivity index is 2.14. The SMILES string of the molecule is CC(C(=O)Oc1cc(S(=O)(=O)Cl)nn1C)C1CC1. The van der Waals surface area contributed by atoms with Gasteiger partial charge in [-0.15, -0.1) is 0 Å². The molecule has 0 aromatic carbocycles. The van der Waals surface area contributed by atoms with Crippen LogP contribution in [0.1, 0.15) is 19.8 Å². The number of hydrogen-bond donors (Lipinski definition) is 0. The number of ether oxygens (including phenoxy) is 1. The number of aromatic nitrogens is 2. The van der Waals surface area contributed by atoms with E-state index >= 15 is 0 Å². The number of rotatable bonds is 4. The summed E-state index contributed by atoms with van der Waals surface area (Å²) >= 11 is 0. The van der Waals surface area contributed by atoms with E-state index in [9.17, 15) is 13.2 Å². The Kier molecular flexibility index (Phi) is 3.37. The van der Waals surface area contributed by atoms with E-state index in [4.69, 9.17) is 15.4 Å². The lowest BCUT2D eigenvalue weighted by Gasteiger charge is -2.09. The maximum absolute atomic E-state index is 11.8. The molecule has 100 valence electrons. The normalized spacial score (nSPS) is 17.5. The lowest BCUT2D eigenvalue weighted by molar-refractivity contribution is -0.139. The van der Waals surface area contributed by atoms with Crippen LogP contribution in [-0.2, 0) is 20.9 Å². The molecule has 0 radical (unpaired) electrons. The molecule has 0 spiro atoms. The maximum atomic E-state index is 11.8. The first-order valence-corrected chi connectivity index (χ1v) is 7.80. The van der Waals surface area contributed by atoms with Gasteiger partial charge >= 0.3 is 5.97 Å². The molecule has 1 saturated carbocycles. The third kappa shape index (κ3) is 2.84. The van der Waals surface area contributed by atoms with Crippen LogP contribution in [0.5, 0.6) is 5.88 Å². The molecule has 1 heterocycles. The van der Waals surface area contributed by atoms with E-state index in [1.807, 2.05) is 0 Å². The Morgan fingerprint density at radius 3 is 2.67 bits per heavy atom. The minimum atomic E-state index is -3.92. The largest absolute Gasteiger partial charge is 0.407 e. The first kappa shape index (κ1) is 13.4. The van der Waals surface area contributed by atoms with Crippen molar-refractivity contribution in [2.45, 2.75) is 24.8 Å². The minimum absolute atomic E-state index is 0.0757. The number of halogens is 1. The fourth-order valence-electron chi connectivity index (χ4n) is 1.62. The molecule has 2 rings (SSSR count). The van der Waals surface area contributed by atoms with E-state index in [1.54, 1.807) is 6.92 Å². The van der Waals surface area contributed by atoms with E-state index in [0.29, 0.717) is 5.92 Å². The molecule has 18 heavy (non-hydrogen) atoms.